The molecule has 2 atom stereocenters. The van der Waals surface area contributed by atoms with Gasteiger partial charge >= 0.3 is 0 Å². The van der Waals surface area contributed by atoms with Gasteiger partial charge in [-0.3, -0.25) is 4.79 Å². The molecule has 0 aromatic heterocycles. The number of amides is 1. The molecule has 4 N–H and O–H groups in total. The fourth-order valence-corrected chi connectivity index (χ4v) is 2.29. The van der Waals surface area contributed by atoms with E-state index in [9.17, 15) is 4.79 Å². The van der Waals surface area contributed by atoms with Crippen LogP contribution >= 0.6 is 0 Å². The SMILES string of the molecule is CC1(C(=O)NCCCCCO)CCCC1N. The van der Waals surface area contributed by atoms with Crippen molar-refractivity contribution in [2.45, 2.75) is 51.5 Å². The van der Waals surface area contributed by atoms with Crippen LogP contribution in [0.1, 0.15) is 45.4 Å². The van der Waals surface area contributed by atoms with E-state index < -0.39 is 0 Å². The molecule has 0 saturated heterocycles. The second-order valence-corrected chi connectivity index (χ2v) is 4.96. The van der Waals surface area contributed by atoms with Crippen LogP contribution in [0.2, 0.25) is 0 Å². The van der Waals surface area contributed by atoms with Gasteiger partial charge < -0.3 is 16.2 Å². The van der Waals surface area contributed by atoms with Crippen molar-refractivity contribution in [2.75, 3.05) is 13.2 Å². The molecule has 1 aliphatic rings. The van der Waals surface area contributed by atoms with Crippen molar-refractivity contribution in [1.82, 2.24) is 5.32 Å². The molecule has 1 rings (SSSR count). The maximum atomic E-state index is 12.0. The molecule has 0 heterocycles. The molecule has 1 fully saturated rings. The average Bonchev–Trinajstić information content (AvgIpc) is 2.60. The van der Waals surface area contributed by atoms with Crippen molar-refractivity contribution >= 4 is 5.91 Å². The lowest BCUT2D eigenvalue weighted by molar-refractivity contribution is -0.130. The van der Waals surface area contributed by atoms with E-state index in [1.165, 1.54) is 0 Å². The number of rotatable bonds is 6. The Hall–Kier alpha value is -0.610. The average molecular weight is 228 g/mol. The monoisotopic (exact) mass is 228 g/mol. The molecule has 2 unspecified atom stereocenters. The van der Waals surface area contributed by atoms with Crippen LogP contribution in [0, 0.1) is 5.41 Å². The topological polar surface area (TPSA) is 75.3 Å². The van der Waals surface area contributed by atoms with E-state index in [1.54, 1.807) is 0 Å². The molecule has 0 spiro atoms. The van der Waals surface area contributed by atoms with E-state index in [4.69, 9.17) is 10.8 Å². The number of hydrogen-bond acceptors (Lipinski definition) is 3. The first-order valence-corrected chi connectivity index (χ1v) is 6.26. The first-order chi connectivity index (χ1) is 7.61. The van der Waals surface area contributed by atoms with Crippen LogP contribution in [0.25, 0.3) is 0 Å². The van der Waals surface area contributed by atoms with Gasteiger partial charge in [-0.2, -0.15) is 0 Å². The lowest BCUT2D eigenvalue weighted by Gasteiger charge is -2.27. The normalized spacial score (nSPS) is 29.3. The molecule has 0 aromatic carbocycles. The van der Waals surface area contributed by atoms with Gasteiger partial charge in [-0.1, -0.05) is 6.42 Å². The third-order valence-electron chi connectivity index (χ3n) is 3.67. The Labute approximate surface area is 97.6 Å². The zero-order chi connectivity index (χ0) is 12.0. The van der Waals surface area contributed by atoms with Gasteiger partial charge in [0.15, 0.2) is 0 Å². The summed E-state index contributed by atoms with van der Waals surface area (Å²) >= 11 is 0. The highest BCUT2D eigenvalue weighted by Crippen LogP contribution is 2.36. The Bertz CT molecular complexity index is 233. The summed E-state index contributed by atoms with van der Waals surface area (Å²) in [5, 5.41) is 11.6. The van der Waals surface area contributed by atoms with Crippen LogP contribution in [-0.4, -0.2) is 30.2 Å². The number of carbonyl (C=O) groups excluding carboxylic acids is 1. The van der Waals surface area contributed by atoms with E-state index in [2.05, 4.69) is 5.32 Å². The van der Waals surface area contributed by atoms with Crippen LogP contribution < -0.4 is 11.1 Å². The van der Waals surface area contributed by atoms with Gasteiger partial charge in [0.1, 0.15) is 0 Å². The third kappa shape index (κ3) is 3.19. The third-order valence-corrected chi connectivity index (χ3v) is 3.67. The molecule has 4 heteroatoms. The van der Waals surface area contributed by atoms with Gasteiger partial charge in [0.25, 0.3) is 0 Å². The van der Waals surface area contributed by atoms with Gasteiger partial charge in [-0.15, -0.1) is 0 Å². The smallest absolute Gasteiger partial charge is 0.227 e. The van der Waals surface area contributed by atoms with Crippen molar-refractivity contribution in [3.8, 4) is 0 Å². The molecule has 0 radical (unpaired) electrons. The summed E-state index contributed by atoms with van der Waals surface area (Å²) in [4.78, 5) is 12.0. The molecular formula is C12H24N2O2. The van der Waals surface area contributed by atoms with Crippen molar-refractivity contribution in [3.05, 3.63) is 0 Å². The number of carbonyl (C=O) groups is 1. The van der Waals surface area contributed by atoms with Crippen LogP contribution in [-0.2, 0) is 4.79 Å². The van der Waals surface area contributed by atoms with Gasteiger partial charge in [0, 0.05) is 19.2 Å². The molecule has 16 heavy (non-hydrogen) atoms. The first kappa shape index (κ1) is 13.5. The molecule has 94 valence electrons. The molecule has 0 aromatic rings. The van der Waals surface area contributed by atoms with Gasteiger partial charge in [-0.25, -0.2) is 0 Å². The summed E-state index contributed by atoms with van der Waals surface area (Å²) in [6, 6.07) is 0.00458. The number of aliphatic hydroxyl groups is 1. The highest BCUT2D eigenvalue weighted by atomic mass is 16.2. The summed E-state index contributed by atoms with van der Waals surface area (Å²) in [5.41, 5.74) is 5.61. The van der Waals surface area contributed by atoms with E-state index in [0.29, 0.717) is 6.54 Å². The Balaban J connectivity index is 2.24. The zero-order valence-corrected chi connectivity index (χ0v) is 10.2. The second kappa shape index (κ2) is 6.21. The number of unbranched alkanes of at least 4 members (excludes halogenated alkanes) is 2. The van der Waals surface area contributed by atoms with Crippen LogP contribution in [0.15, 0.2) is 0 Å². The minimum absolute atomic E-state index is 0.00458. The second-order valence-electron chi connectivity index (χ2n) is 4.96. The molecule has 0 aliphatic heterocycles. The largest absolute Gasteiger partial charge is 0.396 e. The van der Waals surface area contributed by atoms with Crippen molar-refractivity contribution in [3.63, 3.8) is 0 Å². The summed E-state index contributed by atoms with van der Waals surface area (Å²) < 4.78 is 0. The van der Waals surface area contributed by atoms with E-state index in [1.807, 2.05) is 6.92 Å². The molecule has 0 bridgehead atoms. The number of nitrogens with two attached hydrogens (primary N) is 1. The Morgan fingerprint density at radius 3 is 2.81 bits per heavy atom. The molecule has 1 saturated carbocycles. The van der Waals surface area contributed by atoms with E-state index in [0.717, 1.165) is 38.5 Å². The van der Waals surface area contributed by atoms with Gasteiger partial charge in [-0.05, 0) is 39.0 Å². The van der Waals surface area contributed by atoms with Gasteiger partial charge in [0.2, 0.25) is 5.91 Å². The minimum Gasteiger partial charge on any atom is -0.396 e. The Morgan fingerprint density at radius 2 is 2.25 bits per heavy atom. The predicted molar refractivity (Wildman–Crippen MR) is 63.9 cm³/mol. The van der Waals surface area contributed by atoms with Gasteiger partial charge in [0.05, 0.1) is 5.41 Å². The predicted octanol–water partition coefficient (Wildman–Crippen LogP) is 0.783. The number of nitrogens with one attached hydrogen (secondary N) is 1. The van der Waals surface area contributed by atoms with Crippen molar-refractivity contribution in [1.29, 1.82) is 0 Å². The zero-order valence-electron chi connectivity index (χ0n) is 10.2. The summed E-state index contributed by atoms with van der Waals surface area (Å²) in [6.45, 7) is 2.89. The lowest BCUT2D eigenvalue weighted by Crippen LogP contribution is -2.47. The quantitative estimate of drug-likeness (QED) is 0.588. The van der Waals surface area contributed by atoms with E-state index in [-0.39, 0.29) is 24.0 Å². The summed E-state index contributed by atoms with van der Waals surface area (Å²) in [7, 11) is 0. The molecule has 1 aliphatic carbocycles. The lowest BCUT2D eigenvalue weighted by atomic mass is 9.84. The Kier molecular flexibility index (Phi) is 5.22. The number of aliphatic hydroxyl groups excluding tert-OH is 1. The summed E-state index contributed by atoms with van der Waals surface area (Å²) in [6.07, 6.45) is 5.60. The highest BCUT2D eigenvalue weighted by molar-refractivity contribution is 5.83. The molecule has 4 nitrogen and oxygen atoms in total. The van der Waals surface area contributed by atoms with E-state index >= 15 is 0 Å². The fourth-order valence-electron chi connectivity index (χ4n) is 2.29. The standard InChI is InChI=1S/C12H24N2O2/c1-12(7-5-6-10(12)13)11(16)14-8-3-2-4-9-15/h10,15H,2-9,13H2,1H3,(H,14,16). The Morgan fingerprint density at radius 1 is 1.50 bits per heavy atom. The first-order valence-electron chi connectivity index (χ1n) is 6.26. The summed E-state index contributed by atoms with van der Waals surface area (Å²) in [5.74, 6) is 0.0986. The van der Waals surface area contributed by atoms with Crippen molar-refractivity contribution < 1.29 is 9.90 Å². The molecule has 1 amide bonds. The minimum atomic E-state index is -0.364. The van der Waals surface area contributed by atoms with Crippen LogP contribution in [0.5, 0.6) is 0 Å². The maximum Gasteiger partial charge on any atom is 0.227 e. The number of hydrogen-bond donors (Lipinski definition) is 3. The fraction of sp³-hybridized carbons (Fsp3) is 0.917. The maximum absolute atomic E-state index is 12.0. The van der Waals surface area contributed by atoms with Crippen LogP contribution in [0.4, 0.5) is 0 Å². The van der Waals surface area contributed by atoms with Crippen LogP contribution in [0.3, 0.4) is 0 Å². The molecular weight excluding hydrogens is 204 g/mol. The highest BCUT2D eigenvalue weighted by Gasteiger charge is 2.42. The van der Waals surface area contributed by atoms with Crippen molar-refractivity contribution in [2.24, 2.45) is 11.1 Å².